The van der Waals surface area contributed by atoms with Gasteiger partial charge < -0.3 is 18.1 Å². The van der Waals surface area contributed by atoms with Crippen molar-refractivity contribution in [2.75, 3.05) is 0 Å². The minimum Gasteiger partial charge on any atom is -0.512 e. The molecule has 17 rings (SSSR count). The summed E-state index contributed by atoms with van der Waals surface area (Å²) in [4.78, 5) is 10.3. The van der Waals surface area contributed by atoms with E-state index < -0.39 is 0 Å². The minimum atomic E-state index is -0.125. The number of imidazole rings is 3. The molecule has 0 fully saturated rings. The van der Waals surface area contributed by atoms with Gasteiger partial charge in [-0.1, -0.05) is 220 Å². The number of aromatic nitrogens is 6. The third-order valence-corrected chi connectivity index (χ3v) is 17.8. The topological polar surface area (TPSA) is 66.3 Å². The van der Waals surface area contributed by atoms with Gasteiger partial charge >= 0.3 is 0 Å². The number of ether oxygens (including phenoxy) is 1. The number of furan rings is 1. The number of nitrogens with zero attached hydrogens (tertiary/aromatic N) is 6. The Morgan fingerprint density at radius 1 is 0.484 bits per heavy atom. The Morgan fingerprint density at radius 2 is 1.03 bits per heavy atom. The van der Waals surface area contributed by atoms with Crippen LogP contribution >= 0.6 is 0 Å². The third kappa shape index (κ3) is 10.0. The van der Waals surface area contributed by atoms with Crippen LogP contribution in [0, 0.1) is 25.4 Å². The van der Waals surface area contributed by atoms with Gasteiger partial charge in [0.25, 0.3) is 6.33 Å². The van der Waals surface area contributed by atoms with Gasteiger partial charge in [0.15, 0.2) is 0 Å². The van der Waals surface area contributed by atoms with Gasteiger partial charge in [-0.05, 0) is 168 Å². The number of hydrogen-bond acceptors (Lipinski definition) is 4. The molecule has 8 nitrogen and oxygen atoms in total. The summed E-state index contributed by atoms with van der Waals surface area (Å²) in [6, 6.07) is 104. The fourth-order valence-electron chi connectivity index (χ4n) is 13.2. The molecule has 0 atom stereocenters. The number of rotatable bonds is 11. The van der Waals surface area contributed by atoms with Gasteiger partial charge in [0.05, 0.1) is 39.1 Å². The molecule has 0 spiro atoms. The Kier molecular flexibility index (Phi) is 14.1. The van der Waals surface area contributed by atoms with Crippen LogP contribution in [0.3, 0.4) is 0 Å². The molecule has 0 unspecified atom stereocenters. The number of pyridine rings is 1. The van der Waals surface area contributed by atoms with E-state index in [1.807, 2.05) is 30.5 Å². The fourth-order valence-corrected chi connectivity index (χ4v) is 13.2. The molecule has 9 heteroatoms. The van der Waals surface area contributed by atoms with E-state index in [-0.39, 0.29) is 26.5 Å². The minimum absolute atomic E-state index is 0. The quantitative estimate of drug-likeness (QED) is 0.0956. The van der Waals surface area contributed by atoms with Crippen LogP contribution in [0.2, 0.25) is 0 Å². The van der Waals surface area contributed by atoms with Gasteiger partial charge in [-0.25, -0.2) is 9.97 Å². The molecule has 93 heavy (non-hydrogen) atoms. The average molecular weight is 1380 g/mol. The first-order valence-corrected chi connectivity index (χ1v) is 31.1. The standard InChI is InChI=1S/C84H58N6O2.Pt/c1-54-23-21-37-75-80(54)86-83-89(75)74-40-39-67(52-76(74)90(83)79-49-65(41-42-85-79)84(2,3)4)91-78-51-66(50-71-70-32-17-20-38-77(70)92-82(71)78)87-53-88(73-36-19-18-35-72(73)87)81-68(63-45-59(55-24-9-5-10-25-55)43-60(46-63)56-26-11-6-12-27-56)33-22-34-69(81)64-47-61(57-28-13-7-14-29-57)44-62(48-64)58-30-15-8-16-31-58;/h5-50H,1-4H3;/q-2;. The van der Waals surface area contributed by atoms with Crippen LogP contribution in [0.15, 0.2) is 284 Å². The number of hydrogen-bond donors (Lipinski definition) is 0. The van der Waals surface area contributed by atoms with Gasteiger partial charge in [0.2, 0.25) is 5.78 Å². The van der Waals surface area contributed by atoms with Crippen molar-refractivity contribution in [2.45, 2.75) is 33.1 Å². The molecule has 0 aliphatic rings. The van der Waals surface area contributed by atoms with Crippen LogP contribution in [-0.4, -0.2) is 23.5 Å². The molecule has 0 amide bonds. The summed E-state index contributed by atoms with van der Waals surface area (Å²) in [5.74, 6) is 2.34. The fraction of sp³-hybridized carbons (Fsp3) is 0.0595. The van der Waals surface area contributed by atoms with Crippen molar-refractivity contribution in [2.24, 2.45) is 0 Å². The summed E-state index contributed by atoms with van der Waals surface area (Å²) < 4.78 is 22.6. The molecule has 5 heterocycles. The van der Waals surface area contributed by atoms with E-state index in [1.165, 1.54) is 0 Å². The number of aryl methyl sites for hydroxylation is 1. The summed E-state index contributed by atoms with van der Waals surface area (Å²) in [6.07, 6.45) is 5.89. The largest absolute Gasteiger partial charge is 0.512 e. The van der Waals surface area contributed by atoms with Crippen LogP contribution in [-0.2, 0) is 26.5 Å². The van der Waals surface area contributed by atoms with Crippen LogP contribution in [0.1, 0.15) is 31.9 Å². The second kappa shape index (κ2) is 22.9. The van der Waals surface area contributed by atoms with E-state index in [0.717, 1.165) is 145 Å². The SMILES string of the molecule is Cc1cccc2c1nc1n(-c3cc(C(C)(C)C)ccn3)c3[c-]c(Oc4[c-]c(-n5[c-][n+](-c6c(-c7cc(-c8ccccc8)cc(-c8ccccc8)c7)cccc6-c6cc(-c7ccccc7)cc(-c7ccccc7)c6)c6ccccc65)cc5c4oc4ccccc45)ccc3n21.[Pt]. The molecule has 0 aliphatic heterocycles. The number of fused-ring (bicyclic) bond motifs is 9. The van der Waals surface area contributed by atoms with E-state index >= 15 is 0 Å². The Bertz CT molecular complexity index is 5460. The van der Waals surface area contributed by atoms with Crippen molar-refractivity contribution >= 4 is 60.8 Å². The molecule has 17 aromatic rings. The van der Waals surface area contributed by atoms with Crippen LogP contribution in [0.25, 0.3) is 145 Å². The van der Waals surface area contributed by atoms with Gasteiger partial charge in [0.1, 0.15) is 11.4 Å². The van der Waals surface area contributed by atoms with Crippen LogP contribution in [0.4, 0.5) is 0 Å². The molecule has 448 valence electrons. The van der Waals surface area contributed by atoms with Crippen molar-refractivity contribution < 1.29 is 34.8 Å². The molecule has 0 saturated heterocycles. The maximum atomic E-state index is 7.19. The van der Waals surface area contributed by atoms with E-state index in [1.54, 1.807) is 0 Å². The average Bonchev–Trinajstić information content (AvgIpc) is 1.60. The summed E-state index contributed by atoms with van der Waals surface area (Å²) in [5, 5.41) is 1.81. The Morgan fingerprint density at radius 3 is 1.65 bits per heavy atom. The first kappa shape index (κ1) is 57.0. The predicted octanol–water partition coefficient (Wildman–Crippen LogP) is 20.7. The zero-order valence-electron chi connectivity index (χ0n) is 51.4. The normalized spacial score (nSPS) is 11.8. The predicted molar refractivity (Wildman–Crippen MR) is 372 cm³/mol. The van der Waals surface area contributed by atoms with Gasteiger partial charge in [-0.15, -0.1) is 30.3 Å². The summed E-state index contributed by atoms with van der Waals surface area (Å²) in [5.41, 5.74) is 23.7. The van der Waals surface area contributed by atoms with E-state index in [0.29, 0.717) is 22.8 Å². The van der Waals surface area contributed by atoms with E-state index in [9.17, 15) is 0 Å². The second-order valence-electron chi connectivity index (χ2n) is 24.7. The van der Waals surface area contributed by atoms with Crippen LogP contribution in [0.5, 0.6) is 11.5 Å². The maximum Gasteiger partial charge on any atom is 0.268 e. The van der Waals surface area contributed by atoms with E-state index in [4.69, 9.17) is 19.1 Å². The maximum absolute atomic E-state index is 7.19. The van der Waals surface area contributed by atoms with E-state index in [2.05, 4.69) is 313 Å². The Hall–Kier alpha value is -11.2. The van der Waals surface area contributed by atoms with Gasteiger partial charge in [-0.3, -0.25) is 9.13 Å². The van der Waals surface area contributed by atoms with Crippen molar-refractivity contribution in [1.29, 1.82) is 0 Å². The monoisotopic (exact) mass is 1380 g/mol. The summed E-state index contributed by atoms with van der Waals surface area (Å²) in [7, 11) is 0. The smallest absolute Gasteiger partial charge is 0.268 e. The first-order valence-electron chi connectivity index (χ1n) is 31.1. The first-order chi connectivity index (χ1) is 45.1. The van der Waals surface area contributed by atoms with Crippen LogP contribution < -0.4 is 9.30 Å². The molecular formula is C84H58N6O2Pt-2. The molecule has 12 aromatic carbocycles. The van der Waals surface area contributed by atoms with Crippen molar-refractivity contribution in [3.8, 4) is 95.5 Å². The zero-order valence-corrected chi connectivity index (χ0v) is 53.6. The molecule has 0 saturated carbocycles. The van der Waals surface area contributed by atoms with Gasteiger partial charge in [-0.2, -0.15) is 0 Å². The number of benzene rings is 12. The van der Waals surface area contributed by atoms with Gasteiger partial charge in [0, 0.05) is 38.4 Å². The zero-order chi connectivity index (χ0) is 61.6. The van der Waals surface area contributed by atoms with Crippen molar-refractivity contribution in [1.82, 2.24) is 23.5 Å². The summed E-state index contributed by atoms with van der Waals surface area (Å²) >= 11 is 0. The second-order valence-corrected chi connectivity index (χ2v) is 24.7. The third-order valence-electron chi connectivity index (χ3n) is 17.8. The van der Waals surface area contributed by atoms with Crippen molar-refractivity contribution in [3.63, 3.8) is 0 Å². The molecule has 5 aromatic heterocycles. The Balaban J connectivity index is 0.00000686. The molecule has 0 bridgehead atoms. The summed E-state index contributed by atoms with van der Waals surface area (Å²) in [6.45, 7) is 8.76. The molecular weight excluding hydrogens is 1320 g/mol. The molecule has 0 radical (unpaired) electrons. The molecule has 0 aliphatic carbocycles. The van der Waals surface area contributed by atoms with Crippen molar-refractivity contribution in [3.05, 3.63) is 309 Å². The Labute approximate surface area is 552 Å². The number of para-hydroxylation sites is 5. The molecule has 0 N–H and O–H groups in total.